The average Bonchev–Trinajstić information content (AvgIpc) is 3.14. The number of aliphatic hydroxyl groups excluding tert-OH is 1. The molecule has 3 rings (SSSR count). The molecule has 0 unspecified atom stereocenters. The summed E-state index contributed by atoms with van der Waals surface area (Å²) in [4.78, 5) is 28.4. The van der Waals surface area contributed by atoms with Gasteiger partial charge in [-0.05, 0) is 37.3 Å². The maximum atomic E-state index is 13.0. The van der Waals surface area contributed by atoms with Crippen molar-refractivity contribution in [2.75, 3.05) is 26.4 Å². The van der Waals surface area contributed by atoms with Gasteiger partial charge in [-0.1, -0.05) is 53.5 Å². The molecule has 2 amide bonds. The molecule has 0 radical (unpaired) electrons. The van der Waals surface area contributed by atoms with Gasteiger partial charge in [-0.15, -0.1) is 0 Å². The van der Waals surface area contributed by atoms with E-state index in [1.807, 2.05) is 30.3 Å². The normalized spacial score (nSPS) is 16.5. The van der Waals surface area contributed by atoms with Crippen LogP contribution in [0.5, 0.6) is 0 Å². The Morgan fingerprint density at radius 2 is 1.90 bits per heavy atom. The lowest BCUT2D eigenvalue weighted by molar-refractivity contribution is -0.124. The molecule has 1 fully saturated rings. The van der Waals surface area contributed by atoms with Crippen LogP contribution >= 0.6 is 23.2 Å². The first-order valence-corrected chi connectivity index (χ1v) is 11.0. The average molecular weight is 468 g/mol. The highest BCUT2D eigenvalue weighted by molar-refractivity contribution is 6.41. The summed E-state index contributed by atoms with van der Waals surface area (Å²) >= 11 is 11.8. The van der Waals surface area contributed by atoms with Gasteiger partial charge in [0.25, 0.3) is 5.91 Å². The van der Waals surface area contributed by atoms with Gasteiger partial charge >= 0.3 is 0 Å². The molecule has 9 heteroatoms. The Morgan fingerprint density at radius 1 is 1.19 bits per heavy atom. The summed E-state index contributed by atoms with van der Waals surface area (Å²) in [5.41, 5.74) is 0.850. The Balaban J connectivity index is 1.67. The second-order valence-electron chi connectivity index (χ2n) is 7.88. The van der Waals surface area contributed by atoms with E-state index in [1.54, 1.807) is 0 Å². The molecular weight excluding hydrogens is 441 g/mol. The minimum atomic E-state index is -0.760. The minimum Gasteiger partial charge on any atom is -0.396 e. The third kappa shape index (κ3) is 6.46. The van der Waals surface area contributed by atoms with E-state index in [0.29, 0.717) is 45.4 Å². The Kier molecular flexibility index (Phi) is 8.37. The molecule has 4 N–H and O–H groups in total. The van der Waals surface area contributed by atoms with Crippen molar-refractivity contribution >= 4 is 35.0 Å². The Hall–Kier alpha value is -2.06. The van der Waals surface area contributed by atoms with Gasteiger partial charge in [0.2, 0.25) is 5.91 Å². The Labute approximate surface area is 191 Å². The van der Waals surface area contributed by atoms with Crippen LogP contribution in [-0.4, -0.2) is 54.3 Å². The number of aromatic nitrogens is 1. The number of nitrogens with one attached hydrogen (secondary N) is 3. The van der Waals surface area contributed by atoms with Crippen LogP contribution in [0.1, 0.15) is 35.3 Å². The van der Waals surface area contributed by atoms with Gasteiger partial charge in [-0.2, -0.15) is 0 Å². The molecule has 1 saturated heterocycles. The molecule has 2 heterocycles. The van der Waals surface area contributed by atoms with E-state index < -0.39 is 17.4 Å². The molecular formula is C22H27Cl2N3O4. The first-order valence-electron chi connectivity index (χ1n) is 10.3. The molecule has 0 bridgehead atoms. The number of ether oxygens (including phenoxy) is 1. The summed E-state index contributed by atoms with van der Waals surface area (Å²) in [6, 6.07) is 10.4. The number of hydrogen-bond donors (Lipinski definition) is 4. The van der Waals surface area contributed by atoms with Crippen LogP contribution < -0.4 is 10.6 Å². The van der Waals surface area contributed by atoms with Crippen molar-refractivity contribution in [3.05, 3.63) is 57.8 Å². The van der Waals surface area contributed by atoms with E-state index in [-0.39, 0.29) is 28.4 Å². The van der Waals surface area contributed by atoms with Gasteiger partial charge in [-0.3, -0.25) is 9.59 Å². The fourth-order valence-corrected chi connectivity index (χ4v) is 3.89. The molecule has 1 aliphatic heterocycles. The molecule has 0 spiro atoms. The van der Waals surface area contributed by atoms with Crippen molar-refractivity contribution in [1.29, 1.82) is 0 Å². The summed E-state index contributed by atoms with van der Waals surface area (Å²) in [6.45, 7) is 1.40. The number of carbonyl (C=O) groups excluding carboxylic acids is 2. The second-order valence-corrected chi connectivity index (χ2v) is 8.67. The van der Waals surface area contributed by atoms with Crippen LogP contribution in [0.15, 0.2) is 36.4 Å². The number of aryl methyl sites for hydroxylation is 1. The van der Waals surface area contributed by atoms with E-state index in [4.69, 9.17) is 27.9 Å². The van der Waals surface area contributed by atoms with E-state index in [2.05, 4.69) is 15.6 Å². The van der Waals surface area contributed by atoms with E-state index in [9.17, 15) is 14.7 Å². The number of aliphatic hydroxyl groups is 1. The molecule has 7 nitrogen and oxygen atoms in total. The maximum Gasteiger partial charge on any atom is 0.268 e. The lowest BCUT2D eigenvalue weighted by Crippen LogP contribution is -2.51. The van der Waals surface area contributed by atoms with Crippen LogP contribution in [-0.2, 0) is 16.0 Å². The molecule has 1 atom stereocenters. The smallest absolute Gasteiger partial charge is 0.268 e. The first kappa shape index (κ1) is 23.6. The van der Waals surface area contributed by atoms with Crippen molar-refractivity contribution in [3.63, 3.8) is 0 Å². The fourth-order valence-electron chi connectivity index (χ4n) is 3.58. The summed E-state index contributed by atoms with van der Waals surface area (Å²) in [6.07, 6.45) is 2.37. The Morgan fingerprint density at radius 3 is 2.52 bits per heavy atom. The highest BCUT2D eigenvalue weighted by Gasteiger charge is 2.33. The van der Waals surface area contributed by atoms with E-state index in [0.717, 1.165) is 5.56 Å². The monoisotopic (exact) mass is 467 g/mol. The van der Waals surface area contributed by atoms with Crippen molar-refractivity contribution in [2.24, 2.45) is 5.41 Å². The van der Waals surface area contributed by atoms with Crippen LogP contribution in [0.3, 0.4) is 0 Å². The SMILES string of the molecule is O=C(N[C@@H](CCc1ccccc1)C(=O)NCC1(CO)CCOCC1)c1cc(Cl)c(Cl)[nH]1. The van der Waals surface area contributed by atoms with Crippen LogP contribution in [0.25, 0.3) is 0 Å². The van der Waals surface area contributed by atoms with Gasteiger partial charge in [0.15, 0.2) is 0 Å². The van der Waals surface area contributed by atoms with Gasteiger partial charge in [-0.25, -0.2) is 0 Å². The topological polar surface area (TPSA) is 103 Å². The largest absolute Gasteiger partial charge is 0.396 e. The molecule has 0 saturated carbocycles. The molecule has 2 aromatic rings. The molecule has 1 aromatic heterocycles. The number of amides is 2. The number of benzene rings is 1. The van der Waals surface area contributed by atoms with Gasteiger partial charge < -0.3 is 25.5 Å². The highest BCUT2D eigenvalue weighted by atomic mass is 35.5. The molecule has 31 heavy (non-hydrogen) atoms. The van der Waals surface area contributed by atoms with Crippen molar-refractivity contribution < 1.29 is 19.4 Å². The van der Waals surface area contributed by atoms with E-state index >= 15 is 0 Å². The molecule has 1 aromatic carbocycles. The number of aromatic amines is 1. The van der Waals surface area contributed by atoms with E-state index in [1.165, 1.54) is 6.07 Å². The number of carbonyl (C=O) groups is 2. The zero-order valence-electron chi connectivity index (χ0n) is 17.1. The lowest BCUT2D eigenvalue weighted by Gasteiger charge is -2.36. The van der Waals surface area contributed by atoms with Crippen LogP contribution in [0, 0.1) is 5.41 Å². The number of H-pyrrole nitrogens is 1. The molecule has 1 aliphatic rings. The lowest BCUT2D eigenvalue weighted by atomic mass is 9.81. The van der Waals surface area contributed by atoms with Crippen molar-refractivity contribution in [1.82, 2.24) is 15.6 Å². The predicted octanol–water partition coefficient (Wildman–Crippen LogP) is 2.96. The number of halogens is 2. The van der Waals surface area contributed by atoms with Gasteiger partial charge in [0.05, 0.1) is 11.6 Å². The highest BCUT2D eigenvalue weighted by Crippen LogP contribution is 2.29. The fraction of sp³-hybridized carbons (Fsp3) is 0.455. The summed E-state index contributed by atoms with van der Waals surface area (Å²) in [7, 11) is 0. The van der Waals surface area contributed by atoms with Crippen LogP contribution in [0.2, 0.25) is 10.2 Å². The first-order chi connectivity index (χ1) is 14.9. The number of rotatable bonds is 9. The zero-order chi connectivity index (χ0) is 22.3. The third-order valence-corrected chi connectivity index (χ3v) is 6.38. The predicted molar refractivity (Wildman–Crippen MR) is 119 cm³/mol. The van der Waals surface area contributed by atoms with Crippen molar-refractivity contribution in [2.45, 2.75) is 31.7 Å². The van der Waals surface area contributed by atoms with Crippen LogP contribution in [0.4, 0.5) is 0 Å². The third-order valence-electron chi connectivity index (χ3n) is 5.68. The summed E-state index contributed by atoms with van der Waals surface area (Å²) in [5, 5.41) is 16.0. The Bertz CT molecular complexity index is 863. The standard InChI is InChI=1S/C22H27Cl2N3O4/c23-16-12-18(26-19(16)24)21(30)27-17(7-6-15-4-2-1-3-5-15)20(29)25-13-22(14-28)8-10-31-11-9-22/h1-5,12,17,26,28H,6-11,13-14H2,(H,25,29)(H,27,30)/t17-/m0/s1. The quantitative estimate of drug-likeness (QED) is 0.454. The molecule has 0 aliphatic carbocycles. The summed E-state index contributed by atoms with van der Waals surface area (Å²) in [5.74, 6) is -0.766. The minimum absolute atomic E-state index is 0.0306. The second kappa shape index (κ2) is 11.0. The maximum absolute atomic E-state index is 13.0. The number of hydrogen-bond acceptors (Lipinski definition) is 4. The van der Waals surface area contributed by atoms with Gasteiger partial charge in [0.1, 0.15) is 16.9 Å². The van der Waals surface area contributed by atoms with Gasteiger partial charge in [0, 0.05) is 25.2 Å². The summed E-state index contributed by atoms with van der Waals surface area (Å²) < 4.78 is 5.38. The zero-order valence-corrected chi connectivity index (χ0v) is 18.6. The molecule has 168 valence electrons. The van der Waals surface area contributed by atoms with Crippen molar-refractivity contribution in [3.8, 4) is 0 Å².